The van der Waals surface area contributed by atoms with Crippen molar-refractivity contribution in [1.82, 2.24) is 20.4 Å². The number of thioether (sulfide) groups is 1. The highest BCUT2D eigenvalue weighted by molar-refractivity contribution is 7.99. The van der Waals surface area contributed by atoms with Crippen molar-refractivity contribution in [2.24, 2.45) is 0 Å². The van der Waals surface area contributed by atoms with E-state index in [2.05, 4.69) is 22.4 Å². The fourth-order valence-electron chi connectivity index (χ4n) is 3.36. The average Bonchev–Trinajstić information content (AvgIpc) is 3.33. The van der Waals surface area contributed by atoms with Gasteiger partial charge in [0.15, 0.2) is 0 Å². The molecule has 0 spiro atoms. The van der Waals surface area contributed by atoms with E-state index in [1.165, 1.54) is 11.8 Å². The highest BCUT2D eigenvalue weighted by Crippen LogP contribution is 2.30. The van der Waals surface area contributed by atoms with E-state index in [9.17, 15) is 9.59 Å². The number of hydrogen-bond donors (Lipinski definition) is 1. The lowest BCUT2D eigenvalue weighted by atomic mass is 9.94. The molecule has 1 aromatic carbocycles. The summed E-state index contributed by atoms with van der Waals surface area (Å²) < 4.78 is 5.54. The summed E-state index contributed by atoms with van der Waals surface area (Å²) in [5, 5.41) is 12.4. The van der Waals surface area contributed by atoms with Gasteiger partial charge in [-0.15, -0.1) is 10.2 Å². The van der Waals surface area contributed by atoms with Gasteiger partial charge in [0.1, 0.15) is 0 Å². The zero-order chi connectivity index (χ0) is 21.5. The monoisotopic (exact) mass is 470 g/mol. The van der Waals surface area contributed by atoms with Gasteiger partial charge in [0.05, 0.1) is 12.3 Å². The van der Waals surface area contributed by atoms with E-state index in [1.54, 1.807) is 11.0 Å². The number of aromatic nitrogens is 2. The number of carbonyl (C=O) groups is 2. The van der Waals surface area contributed by atoms with E-state index in [0.717, 1.165) is 24.8 Å². The topological polar surface area (TPSA) is 88.3 Å². The van der Waals surface area contributed by atoms with Crippen LogP contribution in [0, 0.1) is 0 Å². The number of hydrogen-bond acceptors (Lipinski definition) is 6. The van der Waals surface area contributed by atoms with Crippen LogP contribution < -0.4 is 5.32 Å². The molecule has 1 unspecified atom stereocenters. The van der Waals surface area contributed by atoms with E-state index < -0.39 is 0 Å². The first-order valence-electron chi connectivity index (χ1n) is 9.91. The largest absolute Gasteiger partial charge is 0.414 e. The molecule has 3 rings (SSSR count). The SMILES string of the molecule is CCCC(CNC(=O)CSc1nnc(CN2CCCC2=O)o1)c1ccc(Cl)cc1Cl. The lowest BCUT2D eigenvalue weighted by Crippen LogP contribution is -2.30. The van der Waals surface area contributed by atoms with Gasteiger partial charge in [-0.25, -0.2) is 0 Å². The molecule has 0 saturated carbocycles. The summed E-state index contributed by atoms with van der Waals surface area (Å²) in [5.41, 5.74) is 0.980. The predicted octanol–water partition coefficient (Wildman–Crippen LogP) is 4.29. The number of carbonyl (C=O) groups excluding carboxylic acids is 2. The molecule has 30 heavy (non-hydrogen) atoms. The molecule has 1 atom stereocenters. The van der Waals surface area contributed by atoms with E-state index >= 15 is 0 Å². The third-order valence-corrected chi connectivity index (χ3v) is 6.24. The zero-order valence-corrected chi connectivity index (χ0v) is 19.0. The van der Waals surface area contributed by atoms with Crippen molar-refractivity contribution in [2.45, 2.75) is 50.3 Å². The van der Waals surface area contributed by atoms with Crippen LogP contribution in [0.1, 0.15) is 50.0 Å². The van der Waals surface area contributed by atoms with Crippen LogP contribution in [0.15, 0.2) is 27.8 Å². The Morgan fingerprint density at radius 3 is 2.90 bits per heavy atom. The quantitative estimate of drug-likeness (QED) is 0.520. The van der Waals surface area contributed by atoms with Crippen LogP contribution in [-0.2, 0) is 16.1 Å². The Kier molecular flexibility index (Phi) is 8.41. The second-order valence-corrected chi connectivity index (χ2v) is 8.89. The molecule has 2 aromatic rings. The minimum atomic E-state index is -0.124. The van der Waals surface area contributed by atoms with Crippen molar-refractivity contribution in [3.63, 3.8) is 0 Å². The van der Waals surface area contributed by atoms with Gasteiger partial charge in [-0.2, -0.15) is 0 Å². The summed E-state index contributed by atoms with van der Waals surface area (Å²) in [4.78, 5) is 25.7. The highest BCUT2D eigenvalue weighted by Gasteiger charge is 2.22. The number of rotatable bonds is 10. The lowest BCUT2D eigenvalue weighted by Gasteiger charge is -2.19. The van der Waals surface area contributed by atoms with Crippen molar-refractivity contribution >= 4 is 46.8 Å². The van der Waals surface area contributed by atoms with Crippen LogP contribution >= 0.6 is 35.0 Å². The molecule has 1 fully saturated rings. The number of nitrogens with one attached hydrogen (secondary N) is 1. The third kappa shape index (κ3) is 6.36. The van der Waals surface area contributed by atoms with Gasteiger partial charge < -0.3 is 14.6 Å². The van der Waals surface area contributed by atoms with Gasteiger partial charge in [0, 0.05) is 35.5 Å². The van der Waals surface area contributed by atoms with Crippen LogP contribution in [0.25, 0.3) is 0 Å². The van der Waals surface area contributed by atoms with Crippen molar-refractivity contribution in [3.05, 3.63) is 39.7 Å². The number of halogens is 2. The highest BCUT2D eigenvalue weighted by atomic mass is 35.5. The minimum absolute atomic E-state index is 0.101. The van der Waals surface area contributed by atoms with Crippen LogP contribution in [0.4, 0.5) is 0 Å². The number of benzene rings is 1. The first kappa shape index (κ1) is 22.9. The Morgan fingerprint density at radius 1 is 1.37 bits per heavy atom. The Morgan fingerprint density at radius 2 is 2.20 bits per heavy atom. The van der Waals surface area contributed by atoms with Crippen LogP contribution in [0.3, 0.4) is 0 Å². The minimum Gasteiger partial charge on any atom is -0.414 e. The molecule has 1 aliphatic rings. The van der Waals surface area contributed by atoms with Crippen molar-refractivity contribution in [3.8, 4) is 0 Å². The zero-order valence-electron chi connectivity index (χ0n) is 16.7. The summed E-state index contributed by atoms with van der Waals surface area (Å²) in [6.45, 7) is 3.61. The maximum Gasteiger partial charge on any atom is 0.277 e. The second kappa shape index (κ2) is 11.0. The van der Waals surface area contributed by atoms with Gasteiger partial charge in [-0.1, -0.05) is 54.4 Å². The molecule has 1 N–H and O–H groups in total. The molecule has 0 aliphatic carbocycles. The summed E-state index contributed by atoms with van der Waals surface area (Å²) in [6.07, 6.45) is 3.29. The molecule has 1 aromatic heterocycles. The summed E-state index contributed by atoms with van der Waals surface area (Å²) in [5.74, 6) is 0.637. The first-order valence-corrected chi connectivity index (χ1v) is 11.6. The summed E-state index contributed by atoms with van der Waals surface area (Å²) in [6, 6.07) is 5.45. The Hall–Kier alpha value is -1.77. The van der Waals surface area contributed by atoms with Gasteiger partial charge >= 0.3 is 0 Å². The molecule has 2 amide bonds. The van der Waals surface area contributed by atoms with E-state index in [4.69, 9.17) is 27.6 Å². The second-order valence-electron chi connectivity index (χ2n) is 7.12. The predicted molar refractivity (Wildman–Crippen MR) is 117 cm³/mol. The molecule has 0 radical (unpaired) electrons. The van der Waals surface area contributed by atoms with Crippen LogP contribution in [-0.4, -0.2) is 45.8 Å². The number of amides is 2. The van der Waals surface area contributed by atoms with Crippen LogP contribution in [0.5, 0.6) is 0 Å². The maximum atomic E-state index is 12.3. The van der Waals surface area contributed by atoms with Crippen LogP contribution in [0.2, 0.25) is 10.0 Å². The van der Waals surface area contributed by atoms with E-state index in [1.807, 2.05) is 12.1 Å². The molecule has 0 bridgehead atoms. The molecule has 1 saturated heterocycles. The standard InChI is InChI=1S/C20H24Cl2N4O3S/c1-2-4-13(15-7-6-14(21)9-16(15)22)10-23-17(27)12-30-20-25-24-18(29-20)11-26-8-3-5-19(26)28/h6-7,9,13H,2-5,8,10-12H2,1H3,(H,23,27). The Labute approximate surface area is 189 Å². The fourth-order valence-corrected chi connectivity index (χ4v) is 4.53. The smallest absolute Gasteiger partial charge is 0.277 e. The molecule has 1 aliphatic heterocycles. The maximum absolute atomic E-state index is 12.3. The first-order chi connectivity index (χ1) is 14.5. The fraction of sp³-hybridized carbons (Fsp3) is 0.500. The van der Waals surface area contributed by atoms with E-state index in [-0.39, 0.29) is 23.5 Å². The molecule has 10 heteroatoms. The normalized spacial score (nSPS) is 14.9. The van der Waals surface area contributed by atoms with Crippen molar-refractivity contribution in [1.29, 1.82) is 0 Å². The van der Waals surface area contributed by atoms with Gasteiger partial charge in [0.25, 0.3) is 5.22 Å². The molecular weight excluding hydrogens is 447 g/mol. The molecular formula is C20H24Cl2N4O3S. The van der Waals surface area contributed by atoms with Gasteiger partial charge in [-0.3, -0.25) is 9.59 Å². The molecule has 7 nitrogen and oxygen atoms in total. The number of likely N-dealkylation sites (tertiary alicyclic amines) is 1. The van der Waals surface area contributed by atoms with Crippen molar-refractivity contribution in [2.75, 3.05) is 18.8 Å². The van der Waals surface area contributed by atoms with Gasteiger partial charge in [-0.05, 0) is 30.5 Å². The average molecular weight is 471 g/mol. The lowest BCUT2D eigenvalue weighted by molar-refractivity contribution is -0.128. The molecule has 162 valence electrons. The number of nitrogens with zero attached hydrogens (tertiary/aromatic N) is 3. The summed E-state index contributed by atoms with van der Waals surface area (Å²) in [7, 11) is 0. The van der Waals surface area contributed by atoms with E-state index in [0.29, 0.717) is 47.2 Å². The summed E-state index contributed by atoms with van der Waals surface area (Å²) >= 11 is 13.5. The van der Waals surface area contributed by atoms with Gasteiger partial charge in [0.2, 0.25) is 17.7 Å². The molecule has 2 heterocycles. The Bertz CT molecular complexity index is 893. The van der Waals surface area contributed by atoms with Crippen molar-refractivity contribution < 1.29 is 14.0 Å². The third-order valence-electron chi connectivity index (χ3n) is 4.86. The Balaban J connectivity index is 1.47.